The molecule has 1 aromatic carbocycles. The Kier molecular flexibility index (Phi) is 5.87. The van der Waals surface area contributed by atoms with Gasteiger partial charge in [0.05, 0.1) is 10.8 Å². The summed E-state index contributed by atoms with van der Waals surface area (Å²) in [5.74, 6) is 0. The van der Waals surface area contributed by atoms with Crippen LogP contribution in [0.15, 0.2) is 24.3 Å². The first-order chi connectivity index (χ1) is 9.95. The number of hydrogen-bond acceptors (Lipinski definition) is 3. The van der Waals surface area contributed by atoms with E-state index in [-0.39, 0.29) is 18.6 Å². The first-order valence-corrected chi connectivity index (χ1v) is 9.18. The fourth-order valence-corrected chi connectivity index (χ4v) is 2.24. The van der Waals surface area contributed by atoms with Gasteiger partial charge in [-0.25, -0.2) is 13.2 Å². The number of amides is 2. The molecule has 0 saturated heterocycles. The molecule has 0 heterocycles. The van der Waals surface area contributed by atoms with Gasteiger partial charge in [0.25, 0.3) is 0 Å². The van der Waals surface area contributed by atoms with E-state index in [2.05, 4.69) is 5.32 Å². The summed E-state index contributed by atoms with van der Waals surface area (Å²) in [6, 6.07) is 6.78. The number of urea groups is 1. The topological polar surface area (TPSA) is 66.5 Å². The van der Waals surface area contributed by atoms with E-state index in [1.807, 2.05) is 19.1 Å². The molecule has 0 radical (unpaired) electrons. The predicted octanol–water partition coefficient (Wildman–Crippen LogP) is 2.87. The van der Waals surface area contributed by atoms with Gasteiger partial charge in [0.2, 0.25) is 0 Å². The van der Waals surface area contributed by atoms with Crippen LogP contribution in [0.25, 0.3) is 0 Å². The number of rotatable bonds is 5. The summed E-state index contributed by atoms with van der Waals surface area (Å²) in [6.07, 6.45) is 1.16. The molecular formula is C15H23ClN2O3S. The summed E-state index contributed by atoms with van der Waals surface area (Å²) >= 11 is 5.96. The Bertz CT molecular complexity index is 644. The zero-order valence-electron chi connectivity index (χ0n) is 13.6. The normalized spacial score (nSPS) is 13.5. The van der Waals surface area contributed by atoms with Crippen LogP contribution in [0, 0.1) is 0 Å². The van der Waals surface area contributed by atoms with E-state index in [0.717, 1.165) is 11.8 Å². The van der Waals surface area contributed by atoms with E-state index in [1.54, 1.807) is 33.0 Å². The lowest BCUT2D eigenvalue weighted by Gasteiger charge is -2.28. The zero-order chi connectivity index (χ0) is 17.1. The molecule has 0 spiro atoms. The van der Waals surface area contributed by atoms with Gasteiger partial charge < -0.3 is 10.2 Å². The molecule has 2 amide bonds. The minimum absolute atomic E-state index is 0.0528. The smallest absolute Gasteiger partial charge is 0.317 e. The average Bonchev–Trinajstić information content (AvgIpc) is 2.42. The van der Waals surface area contributed by atoms with Gasteiger partial charge in [0.1, 0.15) is 0 Å². The van der Waals surface area contributed by atoms with Crippen molar-refractivity contribution in [1.29, 1.82) is 0 Å². The molecule has 22 heavy (non-hydrogen) atoms. The molecular weight excluding hydrogens is 324 g/mol. The number of benzene rings is 1. The number of sulfone groups is 1. The lowest BCUT2D eigenvalue weighted by atomic mass is 10.1. The van der Waals surface area contributed by atoms with Gasteiger partial charge in [-0.15, -0.1) is 0 Å². The molecule has 0 fully saturated rings. The maximum absolute atomic E-state index is 12.2. The van der Waals surface area contributed by atoms with E-state index in [1.165, 1.54) is 4.90 Å². The van der Waals surface area contributed by atoms with Crippen LogP contribution in [0.5, 0.6) is 0 Å². The van der Waals surface area contributed by atoms with Crippen molar-refractivity contribution in [2.45, 2.75) is 31.6 Å². The summed E-state index contributed by atoms with van der Waals surface area (Å²) in [5.41, 5.74) is 0.910. The lowest BCUT2D eigenvalue weighted by molar-refractivity contribution is 0.193. The third-order valence-electron chi connectivity index (χ3n) is 3.90. The molecule has 1 rings (SSSR count). The van der Waals surface area contributed by atoms with Crippen LogP contribution >= 0.6 is 11.6 Å². The first kappa shape index (κ1) is 18.8. The third kappa shape index (κ3) is 4.61. The molecule has 0 aliphatic carbocycles. The van der Waals surface area contributed by atoms with Gasteiger partial charge in [-0.05, 0) is 38.5 Å². The van der Waals surface area contributed by atoms with Crippen molar-refractivity contribution in [2.24, 2.45) is 0 Å². The highest BCUT2D eigenvalue weighted by Crippen LogP contribution is 2.22. The second-order valence-electron chi connectivity index (χ2n) is 6.03. The van der Waals surface area contributed by atoms with Crippen molar-refractivity contribution in [3.8, 4) is 0 Å². The SMILES string of the molecule is CC(c1cccc(Cl)c1)N(C)C(=O)NCC(C)(C)S(C)(=O)=O. The number of carbonyl (C=O) groups is 1. The largest absolute Gasteiger partial charge is 0.336 e. The Hall–Kier alpha value is -1.27. The van der Waals surface area contributed by atoms with Crippen molar-refractivity contribution in [3.63, 3.8) is 0 Å². The maximum Gasteiger partial charge on any atom is 0.317 e. The molecule has 1 aromatic rings. The second kappa shape index (κ2) is 6.87. The highest BCUT2D eigenvalue weighted by Gasteiger charge is 2.31. The quantitative estimate of drug-likeness (QED) is 0.891. The molecule has 7 heteroatoms. The van der Waals surface area contributed by atoms with Crippen molar-refractivity contribution in [1.82, 2.24) is 10.2 Å². The fraction of sp³-hybridized carbons (Fsp3) is 0.533. The van der Waals surface area contributed by atoms with Gasteiger partial charge in [-0.2, -0.15) is 0 Å². The number of hydrogen-bond donors (Lipinski definition) is 1. The highest BCUT2D eigenvalue weighted by molar-refractivity contribution is 7.92. The monoisotopic (exact) mass is 346 g/mol. The van der Waals surface area contributed by atoms with Crippen LogP contribution in [0.3, 0.4) is 0 Å². The highest BCUT2D eigenvalue weighted by atomic mass is 35.5. The maximum atomic E-state index is 12.2. The summed E-state index contributed by atoms with van der Waals surface area (Å²) < 4.78 is 22.3. The Balaban J connectivity index is 2.74. The molecule has 0 aliphatic rings. The lowest BCUT2D eigenvalue weighted by Crippen LogP contribution is -2.47. The van der Waals surface area contributed by atoms with Gasteiger partial charge in [-0.3, -0.25) is 0 Å². The first-order valence-electron chi connectivity index (χ1n) is 6.91. The van der Waals surface area contributed by atoms with Crippen molar-refractivity contribution in [3.05, 3.63) is 34.9 Å². The molecule has 0 aliphatic heterocycles. The second-order valence-corrected chi connectivity index (χ2v) is 9.12. The van der Waals surface area contributed by atoms with Crippen LogP contribution in [0.4, 0.5) is 4.79 Å². The Morgan fingerprint density at radius 3 is 2.50 bits per heavy atom. The molecule has 5 nitrogen and oxygen atoms in total. The molecule has 0 aromatic heterocycles. The van der Waals surface area contributed by atoms with Crippen molar-refractivity contribution in [2.75, 3.05) is 19.8 Å². The molecule has 0 bridgehead atoms. The molecule has 1 unspecified atom stereocenters. The number of nitrogens with zero attached hydrogens (tertiary/aromatic N) is 1. The van der Waals surface area contributed by atoms with E-state index < -0.39 is 14.6 Å². The van der Waals surface area contributed by atoms with Crippen LogP contribution in [-0.2, 0) is 9.84 Å². The summed E-state index contributed by atoms with van der Waals surface area (Å²) in [5, 5.41) is 3.28. The number of carbonyl (C=O) groups excluding carboxylic acids is 1. The molecule has 1 N–H and O–H groups in total. The number of halogens is 1. The molecule has 1 atom stereocenters. The van der Waals surface area contributed by atoms with Crippen molar-refractivity contribution >= 4 is 27.5 Å². The van der Waals surface area contributed by atoms with E-state index in [4.69, 9.17) is 11.6 Å². The van der Waals surface area contributed by atoms with Gasteiger partial charge in [0.15, 0.2) is 9.84 Å². The van der Waals surface area contributed by atoms with Crippen LogP contribution < -0.4 is 5.32 Å². The third-order valence-corrected chi connectivity index (χ3v) is 6.29. The minimum Gasteiger partial charge on any atom is -0.336 e. The van der Waals surface area contributed by atoms with Crippen molar-refractivity contribution < 1.29 is 13.2 Å². The Morgan fingerprint density at radius 2 is 2.00 bits per heavy atom. The summed E-state index contributed by atoms with van der Waals surface area (Å²) in [6.45, 7) is 5.11. The molecule has 0 saturated carbocycles. The Labute approximate surface area is 137 Å². The standard InChI is InChI=1S/C15H23ClN2O3S/c1-11(12-7-6-8-13(16)9-12)18(4)14(19)17-10-15(2,3)22(5,20)21/h6-9,11H,10H2,1-5H3,(H,17,19). The van der Waals surface area contributed by atoms with E-state index >= 15 is 0 Å². The summed E-state index contributed by atoms with van der Waals surface area (Å²) in [4.78, 5) is 13.7. The van der Waals surface area contributed by atoms with Gasteiger partial charge >= 0.3 is 6.03 Å². The van der Waals surface area contributed by atoms with Gasteiger partial charge in [-0.1, -0.05) is 23.7 Å². The zero-order valence-corrected chi connectivity index (χ0v) is 15.1. The summed E-state index contributed by atoms with van der Waals surface area (Å²) in [7, 11) is -1.59. The van der Waals surface area contributed by atoms with Gasteiger partial charge in [0, 0.05) is 24.9 Å². The Morgan fingerprint density at radius 1 is 1.41 bits per heavy atom. The van der Waals surface area contributed by atoms with Crippen LogP contribution in [0.1, 0.15) is 32.4 Å². The van der Waals surface area contributed by atoms with E-state index in [0.29, 0.717) is 5.02 Å². The van der Waals surface area contributed by atoms with E-state index in [9.17, 15) is 13.2 Å². The van der Waals surface area contributed by atoms with Crippen LogP contribution in [-0.4, -0.2) is 43.9 Å². The molecule has 124 valence electrons. The minimum atomic E-state index is -3.25. The van der Waals surface area contributed by atoms with Crippen LogP contribution in [0.2, 0.25) is 5.02 Å². The fourth-order valence-electron chi connectivity index (χ4n) is 1.71. The predicted molar refractivity (Wildman–Crippen MR) is 90.0 cm³/mol. The average molecular weight is 347 g/mol. The number of nitrogens with one attached hydrogen (secondary N) is 1.